The smallest absolute Gasteiger partial charge is 0.410 e. The molecule has 1 aliphatic heterocycles. The van der Waals surface area contributed by atoms with Crippen LogP contribution in [0.25, 0.3) is 0 Å². The normalized spacial score (nSPS) is 26.7. The molecular weight excluding hydrogens is 210 g/mol. The molecule has 1 aliphatic rings. The third-order valence-corrected chi connectivity index (χ3v) is 2.32. The van der Waals surface area contributed by atoms with Gasteiger partial charge in [0.25, 0.3) is 0 Å². The predicted octanol–water partition coefficient (Wildman–Crippen LogP) is 1.00. The molecule has 0 spiro atoms. The first-order valence-electron chi connectivity index (χ1n) is 5.48. The molecule has 16 heavy (non-hydrogen) atoms. The average Bonchev–Trinajstić information content (AvgIpc) is 2.15. The Labute approximate surface area is 96.3 Å². The Kier molecular flexibility index (Phi) is 3.80. The van der Waals surface area contributed by atoms with E-state index in [1.165, 1.54) is 0 Å². The van der Waals surface area contributed by atoms with Crippen LogP contribution in [0.3, 0.4) is 0 Å². The average molecular weight is 231 g/mol. The van der Waals surface area contributed by atoms with Gasteiger partial charge in [-0.2, -0.15) is 0 Å². The number of aliphatic hydroxyl groups excluding tert-OH is 1. The van der Waals surface area contributed by atoms with Crippen molar-refractivity contribution >= 4 is 6.09 Å². The lowest BCUT2D eigenvalue weighted by atomic mass is 10.1. The standard InChI is InChI=1S/C11H21NO4/c1-10(2,3)16-9(14)12-5-6-15-11(4,7-12)8-13/h13H,5-8H2,1-4H3/t11-/m1/s1. The number of carbonyl (C=O) groups excluding carboxylic acids is 1. The van der Waals surface area contributed by atoms with Gasteiger partial charge in [0.05, 0.1) is 19.8 Å². The molecule has 1 heterocycles. The summed E-state index contributed by atoms with van der Waals surface area (Å²) in [5.74, 6) is 0. The van der Waals surface area contributed by atoms with Crippen LogP contribution in [0.5, 0.6) is 0 Å². The topological polar surface area (TPSA) is 59.0 Å². The molecule has 1 saturated heterocycles. The monoisotopic (exact) mass is 231 g/mol. The van der Waals surface area contributed by atoms with Crippen molar-refractivity contribution in [1.82, 2.24) is 4.90 Å². The third kappa shape index (κ3) is 3.64. The number of amides is 1. The second kappa shape index (κ2) is 4.59. The van der Waals surface area contributed by atoms with Crippen molar-refractivity contribution in [1.29, 1.82) is 0 Å². The van der Waals surface area contributed by atoms with Gasteiger partial charge >= 0.3 is 6.09 Å². The van der Waals surface area contributed by atoms with Crippen LogP contribution in [0.2, 0.25) is 0 Å². The number of hydrogen-bond acceptors (Lipinski definition) is 4. The molecule has 0 saturated carbocycles. The molecule has 1 rings (SSSR count). The van der Waals surface area contributed by atoms with Crippen LogP contribution in [0.1, 0.15) is 27.7 Å². The zero-order chi connectivity index (χ0) is 12.4. The fourth-order valence-corrected chi connectivity index (χ4v) is 1.51. The molecule has 1 N–H and O–H groups in total. The summed E-state index contributed by atoms with van der Waals surface area (Å²) < 4.78 is 10.7. The Hall–Kier alpha value is -0.810. The molecule has 5 nitrogen and oxygen atoms in total. The van der Waals surface area contributed by atoms with E-state index in [4.69, 9.17) is 9.47 Å². The summed E-state index contributed by atoms with van der Waals surface area (Å²) in [6.07, 6.45) is -0.351. The van der Waals surface area contributed by atoms with E-state index < -0.39 is 11.2 Å². The summed E-state index contributed by atoms with van der Waals surface area (Å²) >= 11 is 0. The number of morpholine rings is 1. The van der Waals surface area contributed by atoms with Gasteiger partial charge in [-0.3, -0.25) is 0 Å². The van der Waals surface area contributed by atoms with E-state index in [-0.39, 0.29) is 12.7 Å². The van der Waals surface area contributed by atoms with Gasteiger partial charge in [0.2, 0.25) is 0 Å². The Morgan fingerprint density at radius 1 is 1.56 bits per heavy atom. The van der Waals surface area contributed by atoms with Crippen molar-refractivity contribution in [3.8, 4) is 0 Å². The van der Waals surface area contributed by atoms with E-state index in [1.54, 1.807) is 11.8 Å². The minimum atomic E-state index is -0.671. The fraction of sp³-hybridized carbons (Fsp3) is 0.909. The van der Waals surface area contributed by atoms with E-state index in [2.05, 4.69) is 0 Å². The molecule has 0 aromatic heterocycles. The molecule has 0 aromatic carbocycles. The quantitative estimate of drug-likeness (QED) is 0.731. The number of nitrogens with zero attached hydrogens (tertiary/aromatic N) is 1. The van der Waals surface area contributed by atoms with Gasteiger partial charge in [0.1, 0.15) is 11.2 Å². The maximum absolute atomic E-state index is 11.8. The van der Waals surface area contributed by atoms with E-state index in [0.29, 0.717) is 19.7 Å². The molecule has 0 bridgehead atoms. The van der Waals surface area contributed by atoms with Gasteiger partial charge < -0.3 is 19.5 Å². The van der Waals surface area contributed by atoms with E-state index >= 15 is 0 Å². The Morgan fingerprint density at radius 2 is 2.19 bits per heavy atom. The molecular formula is C11H21NO4. The Bertz CT molecular complexity index is 261. The number of aliphatic hydroxyl groups is 1. The molecule has 1 atom stereocenters. The van der Waals surface area contributed by atoms with Gasteiger partial charge in [-0.05, 0) is 27.7 Å². The zero-order valence-corrected chi connectivity index (χ0v) is 10.4. The van der Waals surface area contributed by atoms with Gasteiger partial charge in [0, 0.05) is 6.54 Å². The Balaban J connectivity index is 2.57. The summed E-state index contributed by atoms with van der Waals surface area (Å²) in [5, 5.41) is 9.18. The van der Waals surface area contributed by atoms with Crippen LogP contribution in [0.4, 0.5) is 4.79 Å². The summed E-state index contributed by atoms with van der Waals surface area (Å²) in [7, 11) is 0. The van der Waals surface area contributed by atoms with Crippen LogP contribution >= 0.6 is 0 Å². The first-order valence-corrected chi connectivity index (χ1v) is 5.48. The van der Waals surface area contributed by atoms with Gasteiger partial charge in [0.15, 0.2) is 0 Å². The maximum atomic E-state index is 11.8. The largest absolute Gasteiger partial charge is 0.444 e. The number of carbonyl (C=O) groups is 1. The molecule has 5 heteroatoms. The van der Waals surface area contributed by atoms with Crippen LogP contribution in [0.15, 0.2) is 0 Å². The molecule has 1 fully saturated rings. The van der Waals surface area contributed by atoms with Crippen LogP contribution < -0.4 is 0 Å². The highest BCUT2D eigenvalue weighted by Gasteiger charge is 2.35. The first kappa shape index (κ1) is 13.3. The molecule has 0 radical (unpaired) electrons. The molecule has 0 aliphatic carbocycles. The van der Waals surface area contributed by atoms with Gasteiger partial charge in [-0.25, -0.2) is 4.79 Å². The fourth-order valence-electron chi connectivity index (χ4n) is 1.51. The molecule has 0 unspecified atom stereocenters. The second-order valence-electron chi connectivity index (χ2n) is 5.36. The number of ether oxygens (including phenoxy) is 2. The minimum absolute atomic E-state index is 0.105. The summed E-state index contributed by atoms with van der Waals surface area (Å²) in [6, 6.07) is 0. The van der Waals surface area contributed by atoms with Gasteiger partial charge in [-0.15, -0.1) is 0 Å². The summed E-state index contributed by atoms with van der Waals surface area (Å²) in [6.45, 7) is 8.46. The molecule has 0 aromatic rings. The summed E-state index contributed by atoms with van der Waals surface area (Å²) in [5.41, 5.74) is -1.17. The lowest BCUT2D eigenvalue weighted by Gasteiger charge is -2.39. The number of rotatable bonds is 1. The van der Waals surface area contributed by atoms with Crippen LogP contribution in [0, 0.1) is 0 Å². The van der Waals surface area contributed by atoms with E-state index in [0.717, 1.165) is 0 Å². The highest BCUT2D eigenvalue weighted by atomic mass is 16.6. The second-order valence-corrected chi connectivity index (χ2v) is 5.36. The van der Waals surface area contributed by atoms with Gasteiger partial charge in [-0.1, -0.05) is 0 Å². The molecule has 94 valence electrons. The lowest BCUT2D eigenvalue weighted by molar-refractivity contribution is -0.120. The zero-order valence-electron chi connectivity index (χ0n) is 10.4. The minimum Gasteiger partial charge on any atom is -0.444 e. The molecule has 1 amide bonds. The first-order chi connectivity index (χ1) is 7.26. The van der Waals surface area contributed by atoms with Crippen molar-refractivity contribution in [3.63, 3.8) is 0 Å². The van der Waals surface area contributed by atoms with Crippen molar-refractivity contribution in [3.05, 3.63) is 0 Å². The van der Waals surface area contributed by atoms with Crippen molar-refractivity contribution in [2.75, 3.05) is 26.3 Å². The summed E-state index contributed by atoms with van der Waals surface area (Å²) in [4.78, 5) is 13.4. The van der Waals surface area contributed by atoms with Crippen molar-refractivity contribution in [2.45, 2.75) is 38.9 Å². The highest BCUT2D eigenvalue weighted by molar-refractivity contribution is 5.68. The maximum Gasteiger partial charge on any atom is 0.410 e. The number of hydrogen-bond donors (Lipinski definition) is 1. The van der Waals surface area contributed by atoms with Crippen molar-refractivity contribution < 1.29 is 19.4 Å². The van der Waals surface area contributed by atoms with E-state index in [9.17, 15) is 9.90 Å². The third-order valence-electron chi connectivity index (χ3n) is 2.32. The predicted molar refractivity (Wildman–Crippen MR) is 59.2 cm³/mol. The van der Waals surface area contributed by atoms with Crippen LogP contribution in [-0.2, 0) is 9.47 Å². The van der Waals surface area contributed by atoms with Crippen LogP contribution in [-0.4, -0.2) is 53.6 Å². The van der Waals surface area contributed by atoms with E-state index in [1.807, 2.05) is 20.8 Å². The Morgan fingerprint density at radius 3 is 2.69 bits per heavy atom. The SMILES string of the molecule is CC(C)(C)OC(=O)N1CCO[C@@](C)(CO)C1. The highest BCUT2D eigenvalue weighted by Crippen LogP contribution is 2.19. The van der Waals surface area contributed by atoms with Crippen molar-refractivity contribution in [2.24, 2.45) is 0 Å². The lowest BCUT2D eigenvalue weighted by Crippen LogP contribution is -2.54.